The van der Waals surface area contributed by atoms with E-state index in [9.17, 15) is 9.59 Å². The third-order valence-electron chi connectivity index (χ3n) is 3.01. The van der Waals surface area contributed by atoms with Crippen molar-refractivity contribution in [1.82, 2.24) is 15.0 Å². The number of hydrogen-bond acceptors (Lipinski definition) is 5. The summed E-state index contributed by atoms with van der Waals surface area (Å²) in [5, 5.41) is 2.57. The summed E-state index contributed by atoms with van der Waals surface area (Å²) < 4.78 is 5.64. The van der Waals surface area contributed by atoms with Gasteiger partial charge in [0.25, 0.3) is 0 Å². The lowest BCUT2D eigenvalue weighted by Crippen LogP contribution is -2.36. The second-order valence-electron chi connectivity index (χ2n) is 4.53. The quantitative estimate of drug-likeness (QED) is 0.786. The van der Waals surface area contributed by atoms with Crippen molar-refractivity contribution in [2.75, 3.05) is 6.54 Å². The van der Waals surface area contributed by atoms with Crippen LogP contribution in [0.25, 0.3) is 11.2 Å². The Hall–Kier alpha value is -3.09. The number of carbonyl (C=O) groups is 1. The van der Waals surface area contributed by atoms with Gasteiger partial charge in [-0.2, -0.15) is 0 Å². The number of rotatable bonds is 4. The van der Waals surface area contributed by atoms with Crippen molar-refractivity contribution in [3.63, 3.8) is 0 Å². The predicted octanol–water partition coefficient (Wildman–Crippen LogP) is 1.37. The minimum Gasteiger partial charge on any atom is -0.404 e. The maximum Gasteiger partial charge on any atom is 0.455 e. The molecule has 112 valence electrons. The minimum absolute atomic E-state index is 0.158. The van der Waals surface area contributed by atoms with Gasteiger partial charge in [0.1, 0.15) is 0 Å². The number of aromatic nitrogens is 2. The maximum absolute atomic E-state index is 11.7. The molecule has 0 unspecified atom stereocenters. The Morgan fingerprint density at radius 2 is 2.05 bits per heavy atom. The van der Waals surface area contributed by atoms with Crippen molar-refractivity contribution in [1.29, 1.82) is 0 Å². The molecular formula is C15H13N3O4. The predicted molar refractivity (Wildman–Crippen MR) is 78.4 cm³/mol. The highest BCUT2D eigenvalue weighted by Crippen LogP contribution is 2.06. The van der Waals surface area contributed by atoms with Crippen LogP contribution in [0.1, 0.15) is 5.56 Å². The molecule has 2 heterocycles. The molecule has 0 bridgehead atoms. The summed E-state index contributed by atoms with van der Waals surface area (Å²) in [7, 11) is 0. The molecule has 0 spiro atoms. The molecule has 0 saturated carbocycles. The second kappa shape index (κ2) is 6.13. The number of carbonyl (C=O) groups excluding carboxylic acids is 1. The normalized spacial score (nSPS) is 10.5. The SMILES string of the molecule is O=C(NCCc1ccccc1)On1c(=O)oc2cccnc21. The van der Waals surface area contributed by atoms with Crippen molar-refractivity contribution in [2.45, 2.75) is 6.42 Å². The van der Waals surface area contributed by atoms with E-state index in [1.54, 1.807) is 12.1 Å². The number of pyridine rings is 1. The second-order valence-corrected chi connectivity index (χ2v) is 4.53. The summed E-state index contributed by atoms with van der Waals surface area (Å²) in [6.45, 7) is 0.390. The zero-order chi connectivity index (χ0) is 15.4. The average molecular weight is 299 g/mol. The van der Waals surface area contributed by atoms with E-state index >= 15 is 0 Å². The minimum atomic E-state index is -0.799. The number of hydrogen-bond donors (Lipinski definition) is 1. The molecule has 7 heteroatoms. The van der Waals surface area contributed by atoms with E-state index < -0.39 is 11.8 Å². The van der Waals surface area contributed by atoms with Gasteiger partial charge < -0.3 is 14.6 Å². The van der Waals surface area contributed by atoms with Gasteiger partial charge in [-0.05, 0) is 24.1 Å². The first kappa shape index (κ1) is 13.9. The molecule has 0 atom stereocenters. The summed E-state index contributed by atoms with van der Waals surface area (Å²) >= 11 is 0. The van der Waals surface area contributed by atoms with Crippen LogP contribution in [0.5, 0.6) is 0 Å². The van der Waals surface area contributed by atoms with Crippen molar-refractivity contribution in [3.05, 3.63) is 64.8 Å². The molecule has 1 aromatic carbocycles. The van der Waals surface area contributed by atoms with Gasteiger partial charge in [-0.15, -0.1) is 0 Å². The monoisotopic (exact) mass is 299 g/mol. The number of fused-ring (bicyclic) bond motifs is 1. The summed E-state index contributed by atoms with van der Waals surface area (Å²) in [6, 6.07) is 12.9. The van der Waals surface area contributed by atoms with Crippen LogP contribution < -0.4 is 15.9 Å². The molecule has 1 amide bonds. The summed E-state index contributed by atoms with van der Waals surface area (Å²) in [5.41, 5.74) is 1.51. The number of nitrogens with one attached hydrogen (secondary N) is 1. The van der Waals surface area contributed by atoms with Crippen LogP contribution in [0.2, 0.25) is 0 Å². The van der Waals surface area contributed by atoms with Gasteiger partial charge in [0.2, 0.25) is 5.65 Å². The first-order valence-corrected chi connectivity index (χ1v) is 6.71. The lowest BCUT2D eigenvalue weighted by Gasteiger charge is -2.05. The van der Waals surface area contributed by atoms with E-state index in [4.69, 9.17) is 9.25 Å². The largest absolute Gasteiger partial charge is 0.455 e. The van der Waals surface area contributed by atoms with Crippen molar-refractivity contribution >= 4 is 17.3 Å². The highest BCUT2D eigenvalue weighted by molar-refractivity contribution is 5.71. The molecule has 22 heavy (non-hydrogen) atoms. The topological polar surface area (TPSA) is 86.4 Å². The van der Waals surface area contributed by atoms with Crippen LogP contribution in [-0.4, -0.2) is 22.4 Å². The van der Waals surface area contributed by atoms with Crippen LogP contribution in [0, 0.1) is 0 Å². The number of oxazole rings is 1. The zero-order valence-electron chi connectivity index (χ0n) is 11.6. The lowest BCUT2D eigenvalue weighted by molar-refractivity contribution is 0.127. The molecule has 0 aliphatic rings. The van der Waals surface area contributed by atoms with Gasteiger partial charge in [0, 0.05) is 12.7 Å². The molecular weight excluding hydrogens is 286 g/mol. The fourth-order valence-corrected chi connectivity index (χ4v) is 1.99. The molecule has 7 nitrogen and oxygen atoms in total. The smallest absolute Gasteiger partial charge is 0.404 e. The Kier molecular flexibility index (Phi) is 3.86. The van der Waals surface area contributed by atoms with Crippen molar-refractivity contribution in [2.24, 2.45) is 0 Å². The Bertz CT molecular complexity index is 839. The third-order valence-corrected chi connectivity index (χ3v) is 3.01. The van der Waals surface area contributed by atoms with E-state index in [-0.39, 0.29) is 11.2 Å². The molecule has 2 aromatic heterocycles. The Labute approximate surface area is 125 Å². The van der Waals surface area contributed by atoms with Crippen LogP contribution in [0.15, 0.2) is 57.9 Å². The Morgan fingerprint density at radius 1 is 1.23 bits per heavy atom. The summed E-state index contributed by atoms with van der Waals surface area (Å²) in [5.74, 6) is -0.799. The van der Waals surface area contributed by atoms with E-state index in [0.29, 0.717) is 13.0 Å². The molecule has 0 saturated heterocycles. The summed E-state index contributed by atoms with van der Waals surface area (Å²) in [4.78, 5) is 32.2. The van der Waals surface area contributed by atoms with Gasteiger partial charge in [0.05, 0.1) is 0 Å². The third kappa shape index (κ3) is 2.98. The van der Waals surface area contributed by atoms with Crippen LogP contribution in [0.4, 0.5) is 4.79 Å². The molecule has 0 aliphatic heterocycles. The highest BCUT2D eigenvalue weighted by Gasteiger charge is 2.14. The Balaban J connectivity index is 1.61. The van der Waals surface area contributed by atoms with E-state index in [0.717, 1.165) is 10.3 Å². The standard InChI is InChI=1S/C15H13N3O4/c19-14(17-10-8-11-5-2-1-3-6-11)22-18-13-12(21-15(18)20)7-4-9-16-13/h1-7,9H,8,10H2,(H,17,19). The molecule has 1 N–H and O–H groups in total. The van der Waals surface area contributed by atoms with Gasteiger partial charge in [0.15, 0.2) is 5.58 Å². The maximum atomic E-state index is 11.7. The molecule has 0 radical (unpaired) electrons. The van der Waals surface area contributed by atoms with Crippen molar-refractivity contribution < 1.29 is 14.0 Å². The first-order valence-electron chi connectivity index (χ1n) is 6.71. The lowest BCUT2D eigenvalue weighted by atomic mass is 10.1. The van der Waals surface area contributed by atoms with Gasteiger partial charge in [-0.3, -0.25) is 0 Å². The molecule has 3 rings (SSSR count). The first-order chi connectivity index (χ1) is 10.7. The van der Waals surface area contributed by atoms with E-state index in [1.807, 2.05) is 30.3 Å². The molecule has 0 fully saturated rings. The van der Waals surface area contributed by atoms with Gasteiger partial charge >= 0.3 is 11.8 Å². The number of amides is 1. The van der Waals surface area contributed by atoms with Gasteiger partial charge in [-0.25, -0.2) is 14.6 Å². The molecule has 0 aliphatic carbocycles. The summed E-state index contributed by atoms with van der Waals surface area (Å²) in [6.07, 6.45) is 1.39. The fourth-order valence-electron chi connectivity index (χ4n) is 1.99. The highest BCUT2D eigenvalue weighted by atomic mass is 16.7. The Morgan fingerprint density at radius 3 is 2.86 bits per heavy atom. The van der Waals surface area contributed by atoms with E-state index in [1.165, 1.54) is 6.20 Å². The van der Waals surface area contributed by atoms with Crippen LogP contribution in [0.3, 0.4) is 0 Å². The van der Waals surface area contributed by atoms with Crippen molar-refractivity contribution in [3.8, 4) is 0 Å². The molecule has 3 aromatic rings. The van der Waals surface area contributed by atoms with Gasteiger partial charge in [-0.1, -0.05) is 35.1 Å². The zero-order valence-corrected chi connectivity index (χ0v) is 11.6. The number of benzene rings is 1. The van der Waals surface area contributed by atoms with Crippen LogP contribution >= 0.6 is 0 Å². The average Bonchev–Trinajstić information content (AvgIpc) is 2.84. The van der Waals surface area contributed by atoms with Crippen LogP contribution in [-0.2, 0) is 6.42 Å². The fraction of sp³-hybridized carbons (Fsp3) is 0.133. The van der Waals surface area contributed by atoms with E-state index in [2.05, 4.69) is 10.3 Å². The number of nitrogens with zero attached hydrogens (tertiary/aromatic N) is 2.